The zero-order valence-corrected chi connectivity index (χ0v) is 15.6. The summed E-state index contributed by atoms with van der Waals surface area (Å²) in [5.41, 5.74) is 1.68. The average molecular weight is 381 g/mol. The van der Waals surface area contributed by atoms with Crippen LogP contribution in [-0.4, -0.2) is 27.8 Å². The lowest BCUT2D eigenvalue weighted by Crippen LogP contribution is -2.23. The summed E-state index contributed by atoms with van der Waals surface area (Å²) in [6, 6.07) is 9.75. The van der Waals surface area contributed by atoms with Crippen molar-refractivity contribution in [2.24, 2.45) is 5.92 Å². The Kier molecular flexibility index (Phi) is 4.53. The predicted molar refractivity (Wildman–Crippen MR) is 104 cm³/mol. The van der Waals surface area contributed by atoms with Crippen molar-refractivity contribution in [2.75, 3.05) is 4.90 Å². The number of allylic oxidation sites excluding steroid dienone is 2. The standard InChI is InChI=1S/C20H19N3O3S/c1-12-18(19(26)21-11-13-5-3-2-4-6-13)27-20(22-12)23-8-7-14(24)9-17(25)15-10-16(15)23/h2-9,15-16,24H,10-11H2,1H3,(H,21,26)/b8-7-,14-9+. The Labute approximate surface area is 160 Å². The topological polar surface area (TPSA) is 82.5 Å². The maximum Gasteiger partial charge on any atom is 0.263 e. The van der Waals surface area contributed by atoms with Crippen LogP contribution in [0.2, 0.25) is 0 Å². The number of amides is 1. The van der Waals surface area contributed by atoms with E-state index < -0.39 is 0 Å². The molecule has 2 aliphatic rings. The summed E-state index contributed by atoms with van der Waals surface area (Å²) in [5.74, 6) is -0.427. The highest BCUT2D eigenvalue weighted by Gasteiger charge is 2.47. The number of nitrogens with zero attached hydrogens (tertiary/aromatic N) is 2. The molecule has 2 atom stereocenters. The summed E-state index contributed by atoms with van der Waals surface area (Å²) in [5, 5.41) is 13.3. The van der Waals surface area contributed by atoms with Crippen LogP contribution in [0.1, 0.15) is 27.3 Å². The van der Waals surface area contributed by atoms with E-state index in [1.165, 1.54) is 23.5 Å². The number of benzene rings is 1. The monoisotopic (exact) mass is 381 g/mol. The third-order valence-electron chi connectivity index (χ3n) is 4.68. The van der Waals surface area contributed by atoms with Gasteiger partial charge in [-0.15, -0.1) is 0 Å². The molecule has 1 aromatic heterocycles. The fraction of sp³-hybridized carbons (Fsp3) is 0.250. The summed E-state index contributed by atoms with van der Waals surface area (Å²) in [4.78, 5) is 31.6. The smallest absolute Gasteiger partial charge is 0.263 e. The zero-order chi connectivity index (χ0) is 19.0. The van der Waals surface area contributed by atoms with E-state index in [0.29, 0.717) is 22.2 Å². The summed E-state index contributed by atoms with van der Waals surface area (Å²) < 4.78 is 0. The van der Waals surface area contributed by atoms with Crippen LogP contribution in [0.25, 0.3) is 0 Å². The van der Waals surface area contributed by atoms with E-state index in [4.69, 9.17) is 0 Å². The summed E-state index contributed by atoms with van der Waals surface area (Å²) in [6.07, 6.45) is 5.21. The molecule has 27 heavy (non-hydrogen) atoms. The Morgan fingerprint density at radius 2 is 2.15 bits per heavy atom. The van der Waals surface area contributed by atoms with Crippen molar-refractivity contribution in [1.29, 1.82) is 0 Å². The van der Waals surface area contributed by atoms with Crippen LogP contribution in [0.15, 0.2) is 54.4 Å². The van der Waals surface area contributed by atoms with Crippen LogP contribution in [0.4, 0.5) is 5.13 Å². The highest BCUT2D eigenvalue weighted by molar-refractivity contribution is 7.17. The minimum atomic E-state index is -0.165. The fourth-order valence-electron chi connectivity index (χ4n) is 3.13. The molecule has 7 heteroatoms. The molecule has 2 N–H and O–H groups in total. The van der Waals surface area contributed by atoms with E-state index >= 15 is 0 Å². The third kappa shape index (κ3) is 3.64. The Balaban J connectivity index is 1.52. The number of anilines is 1. The van der Waals surface area contributed by atoms with E-state index in [9.17, 15) is 14.7 Å². The molecule has 1 saturated carbocycles. The van der Waals surface area contributed by atoms with Gasteiger partial charge in [0.05, 0.1) is 5.69 Å². The second-order valence-electron chi connectivity index (χ2n) is 6.68. The number of hydrogen-bond donors (Lipinski definition) is 2. The molecule has 1 aromatic carbocycles. The van der Waals surface area contributed by atoms with E-state index in [0.717, 1.165) is 12.0 Å². The van der Waals surface area contributed by atoms with Crippen LogP contribution >= 0.6 is 11.3 Å². The Hall–Kier alpha value is -2.93. The molecule has 2 aromatic rings. The fourth-order valence-corrected chi connectivity index (χ4v) is 4.16. The minimum absolute atomic E-state index is 0.0314. The number of rotatable bonds is 4. The van der Waals surface area contributed by atoms with Gasteiger partial charge in [0.1, 0.15) is 10.6 Å². The molecule has 138 valence electrons. The van der Waals surface area contributed by atoms with Crippen molar-refractivity contribution in [2.45, 2.75) is 25.9 Å². The maximum atomic E-state index is 12.6. The molecule has 1 aliphatic heterocycles. The Morgan fingerprint density at radius 1 is 1.37 bits per heavy atom. The van der Waals surface area contributed by atoms with Gasteiger partial charge in [0.15, 0.2) is 10.9 Å². The van der Waals surface area contributed by atoms with Gasteiger partial charge in [0.2, 0.25) is 0 Å². The first-order valence-electron chi connectivity index (χ1n) is 8.73. The molecule has 0 radical (unpaired) electrons. The van der Waals surface area contributed by atoms with Gasteiger partial charge in [-0.05, 0) is 25.0 Å². The van der Waals surface area contributed by atoms with Crippen LogP contribution in [0.5, 0.6) is 0 Å². The second-order valence-corrected chi connectivity index (χ2v) is 7.66. The number of hydrogen-bond acceptors (Lipinski definition) is 6. The van der Waals surface area contributed by atoms with Gasteiger partial charge in [0, 0.05) is 30.8 Å². The van der Waals surface area contributed by atoms with Crippen molar-refractivity contribution < 1.29 is 14.7 Å². The van der Waals surface area contributed by atoms with Crippen LogP contribution in [-0.2, 0) is 11.3 Å². The normalized spacial score (nSPS) is 24.3. The van der Waals surface area contributed by atoms with Crippen molar-refractivity contribution in [3.63, 3.8) is 0 Å². The Bertz CT molecular complexity index is 949. The molecular formula is C20H19N3O3S. The average Bonchev–Trinajstić information content (AvgIpc) is 3.34. The van der Waals surface area contributed by atoms with Crippen LogP contribution < -0.4 is 10.2 Å². The van der Waals surface area contributed by atoms with Crippen molar-refractivity contribution in [1.82, 2.24) is 10.3 Å². The number of aromatic nitrogens is 1. The summed E-state index contributed by atoms with van der Waals surface area (Å²) >= 11 is 1.30. The molecule has 1 amide bonds. The molecule has 1 fully saturated rings. The molecule has 2 unspecified atom stereocenters. The van der Waals surface area contributed by atoms with Crippen molar-refractivity contribution >= 4 is 28.2 Å². The van der Waals surface area contributed by atoms with Crippen LogP contribution in [0, 0.1) is 12.8 Å². The number of aliphatic hydroxyl groups excluding tert-OH is 1. The maximum absolute atomic E-state index is 12.6. The lowest BCUT2D eigenvalue weighted by atomic mass is 10.2. The molecular weight excluding hydrogens is 362 g/mol. The SMILES string of the molecule is Cc1nc(N2/C=C\C(O)=C/C(=O)C3CC32)sc1C(=O)NCc1ccccc1. The predicted octanol–water partition coefficient (Wildman–Crippen LogP) is 3.11. The van der Waals surface area contributed by atoms with Gasteiger partial charge in [-0.1, -0.05) is 41.7 Å². The molecule has 1 aliphatic carbocycles. The second kappa shape index (κ2) is 7.00. The first kappa shape index (κ1) is 17.5. The van der Waals surface area contributed by atoms with Gasteiger partial charge < -0.3 is 15.3 Å². The van der Waals surface area contributed by atoms with E-state index in [1.54, 1.807) is 13.1 Å². The van der Waals surface area contributed by atoms with E-state index in [2.05, 4.69) is 10.3 Å². The zero-order valence-electron chi connectivity index (χ0n) is 14.8. The number of aliphatic hydroxyl groups is 1. The van der Waals surface area contributed by atoms with Crippen molar-refractivity contribution in [3.8, 4) is 0 Å². The third-order valence-corrected chi connectivity index (χ3v) is 5.85. The molecule has 0 spiro atoms. The quantitative estimate of drug-likeness (QED) is 0.850. The first-order valence-corrected chi connectivity index (χ1v) is 9.55. The van der Waals surface area contributed by atoms with E-state index in [-0.39, 0.29) is 29.4 Å². The molecule has 0 saturated heterocycles. The molecule has 0 bridgehead atoms. The number of aryl methyl sites for hydroxylation is 1. The lowest BCUT2D eigenvalue weighted by Gasteiger charge is -2.18. The molecule has 6 nitrogen and oxygen atoms in total. The van der Waals surface area contributed by atoms with Crippen molar-refractivity contribution in [3.05, 3.63) is 70.6 Å². The van der Waals surface area contributed by atoms with Gasteiger partial charge in [-0.3, -0.25) is 9.59 Å². The minimum Gasteiger partial charge on any atom is -0.508 e. The highest BCUT2D eigenvalue weighted by Crippen LogP contribution is 2.42. The van der Waals surface area contributed by atoms with Gasteiger partial charge in [-0.2, -0.15) is 0 Å². The van der Waals surface area contributed by atoms with Gasteiger partial charge in [0.25, 0.3) is 5.91 Å². The number of nitrogens with one attached hydrogen (secondary N) is 1. The van der Waals surface area contributed by atoms with Gasteiger partial charge >= 0.3 is 0 Å². The summed E-state index contributed by atoms with van der Waals surface area (Å²) in [6.45, 7) is 2.26. The van der Waals surface area contributed by atoms with E-state index in [1.807, 2.05) is 35.2 Å². The number of fused-ring (bicyclic) bond motifs is 1. The lowest BCUT2D eigenvalue weighted by molar-refractivity contribution is -0.115. The van der Waals surface area contributed by atoms with Crippen LogP contribution in [0.3, 0.4) is 0 Å². The first-order chi connectivity index (χ1) is 13.0. The summed E-state index contributed by atoms with van der Waals surface area (Å²) in [7, 11) is 0. The Morgan fingerprint density at radius 3 is 2.93 bits per heavy atom. The molecule has 4 rings (SSSR count). The van der Waals surface area contributed by atoms with Gasteiger partial charge in [-0.25, -0.2) is 4.98 Å². The highest BCUT2D eigenvalue weighted by atomic mass is 32.1. The molecule has 2 heterocycles. The largest absolute Gasteiger partial charge is 0.508 e. The number of carbonyl (C=O) groups excluding carboxylic acids is 2. The number of thiazole rings is 1. The number of carbonyl (C=O) groups is 2. The number of ketones is 1.